The van der Waals surface area contributed by atoms with Crippen molar-refractivity contribution in [3.05, 3.63) is 59.7 Å². The fourth-order valence-electron chi connectivity index (χ4n) is 3.30. The highest BCUT2D eigenvalue weighted by molar-refractivity contribution is 7.89. The van der Waals surface area contributed by atoms with Gasteiger partial charge in [0, 0.05) is 31.4 Å². The summed E-state index contributed by atoms with van der Waals surface area (Å²) < 4.78 is 26.2. The van der Waals surface area contributed by atoms with Gasteiger partial charge in [-0.25, -0.2) is 17.9 Å². The first-order chi connectivity index (χ1) is 13.4. The molecule has 1 aliphatic heterocycles. The molecule has 0 saturated carbocycles. The van der Waals surface area contributed by atoms with E-state index in [9.17, 15) is 13.2 Å². The molecule has 0 aromatic heterocycles. The van der Waals surface area contributed by atoms with Crippen LogP contribution in [-0.4, -0.2) is 45.5 Å². The topological polar surface area (TPSA) is 90.5 Å². The van der Waals surface area contributed by atoms with Gasteiger partial charge >= 0.3 is 6.03 Å². The Balaban J connectivity index is 1.57. The molecule has 1 unspecified atom stereocenters. The van der Waals surface area contributed by atoms with Crippen LogP contribution in [-0.2, 0) is 16.6 Å². The summed E-state index contributed by atoms with van der Waals surface area (Å²) in [4.78, 5) is 14.8. The second-order valence-corrected chi connectivity index (χ2v) is 8.88. The van der Waals surface area contributed by atoms with Gasteiger partial charge in [0.2, 0.25) is 10.0 Å². The molecule has 2 aromatic rings. The number of aryl methyl sites for hydroxylation is 1. The van der Waals surface area contributed by atoms with E-state index in [-0.39, 0.29) is 17.0 Å². The third-order valence-corrected chi connectivity index (χ3v) is 6.30. The average Bonchev–Trinajstić information content (AvgIpc) is 3.10. The van der Waals surface area contributed by atoms with E-state index in [2.05, 4.69) is 32.4 Å². The number of amides is 2. The van der Waals surface area contributed by atoms with Crippen LogP contribution in [0.1, 0.15) is 17.5 Å². The van der Waals surface area contributed by atoms with Crippen molar-refractivity contribution in [3.8, 4) is 0 Å². The van der Waals surface area contributed by atoms with Crippen molar-refractivity contribution in [1.82, 2.24) is 14.9 Å². The lowest BCUT2D eigenvalue weighted by Crippen LogP contribution is -2.39. The van der Waals surface area contributed by atoms with Gasteiger partial charge in [0.05, 0.1) is 4.90 Å². The summed E-state index contributed by atoms with van der Waals surface area (Å²) in [5, 5.41) is 5.76. The first-order valence-electron chi connectivity index (χ1n) is 9.25. The van der Waals surface area contributed by atoms with Crippen molar-refractivity contribution < 1.29 is 13.2 Å². The predicted octanol–water partition coefficient (Wildman–Crippen LogP) is 2.30. The van der Waals surface area contributed by atoms with Gasteiger partial charge in [-0.1, -0.05) is 36.4 Å². The predicted molar refractivity (Wildman–Crippen MR) is 110 cm³/mol. The molecule has 28 heavy (non-hydrogen) atoms. The Morgan fingerprint density at radius 2 is 1.93 bits per heavy atom. The number of urea groups is 1. The van der Waals surface area contributed by atoms with Gasteiger partial charge in [0.25, 0.3) is 0 Å². The third kappa shape index (κ3) is 5.09. The highest BCUT2D eigenvalue weighted by Crippen LogP contribution is 2.20. The molecular formula is C20H26N4O3S. The summed E-state index contributed by atoms with van der Waals surface area (Å²) in [6.45, 7) is 4.40. The molecule has 1 aliphatic rings. The van der Waals surface area contributed by atoms with Gasteiger partial charge < -0.3 is 10.6 Å². The van der Waals surface area contributed by atoms with Gasteiger partial charge in [0.1, 0.15) is 0 Å². The maximum Gasteiger partial charge on any atom is 0.319 e. The molecule has 1 saturated heterocycles. The fraction of sp³-hybridized carbons (Fsp3) is 0.350. The number of likely N-dealkylation sites (tertiary alicyclic amines) is 1. The lowest BCUT2D eigenvalue weighted by atomic mass is 10.2. The highest BCUT2D eigenvalue weighted by Gasteiger charge is 2.24. The van der Waals surface area contributed by atoms with Crippen LogP contribution in [0.5, 0.6) is 0 Å². The summed E-state index contributed by atoms with van der Waals surface area (Å²) >= 11 is 0. The normalized spacial score (nSPS) is 17.4. The average molecular weight is 403 g/mol. The number of carbonyl (C=O) groups excluding carboxylic acids is 1. The molecular weight excluding hydrogens is 376 g/mol. The summed E-state index contributed by atoms with van der Waals surface area (Å²) in [6, 6.07) is 14.7. The molecule has 3 N–H and O–H groups in total. The molecule has 2 aromatic carbocycles. The van der Waals surface area contributed by atoms with E-state index in [0.717, 1.165) is 31.6 Å². The number of anilines is 1. The Morgan fingerprint density at radius 3 is 2.64 bits per heavy atom. The van der Waals surface area contributed by atoms with Crippen LogP contribution in [0, 0.1) is 6.92 Å². The molecule has 150 valence electrons. The zero-order valence-electron chi connectivity index (χ0n) is 16.1. The molecule has 2 amide bonds. The van der Waals surface area contributed by atoms with Crippen molar-refractivity contribution in [1.29, 1.82) is 0 Å². The SMILES string of the molecule is CNS(=O)(=O)c1ccc(C)c(NC(=O)NC2CCN(Cc3ccccc3)C2)c1. The van der Waals surface area contributed by atoms with Gasteiger partial charge in [0.15, 0.2) is 0 Å². The number of nitrogens with zero attached hydrogens (tertiary/aromatic N) is 1. The van der Waals surface area contributed by atoms with Gasteiger partial charge in [-0.2, -0.15) is 0 Å². The van der Waals surface area contributed by atoms with E-state index in [1.54, 1.807) is 6.07 Å². The Hall–Kier alpha value is -2.42. The van der Waals surface area contributed by atoms with Crippen molar-refractivity contribution >= 4 is 21.7 Å². The highest BCUT2D eigenvalue weighted by atomic mass is 32.2. The molecule has 0 bridgehead atoms. The van der Waals surface area contributed by atoms with E-state index >= 15 is 0 Å². The summed E-state index contributed by atoms with van der Waals surface area (Å²) in [5.74, 6) is 0. The lowest BCUT2D eigenvalue weighted by molar-refractivity contribution is 0.247. The van der Waals surface area contributed by atoms with Crippen molar-refractivity contribution in [2.45, 2.75) is 30.8 Å². The van der Waals surface area contributed by atoms with Gasteiger partial charge in [-0.3, -0.25) is 4.90 Å². The smallest absolute Gasteiger partial charge is 0.319 e. The monoisotopic (exact) mass is 402 g/mol. The number of benzene rings is 2. The first kappa shape index (κ1) is 20.3. The minimum Gasteiger partial charge on any atom is -0.334 e. The molecule has 0 spiro atoms. The summed E-state index contributed by atoms with van der Waals surface area (Å²) in [6.07, 6.45) is 0.882. The largest absolute Gasteiger partial charge is 0.334 e. The van der Waals surface area contributed by atoms with Crippen LogP contribution in [0.3, 0.4) is 0 Å². The molecule has 1 fully saturated rings. The third-order valence-electron chi connectivity index (χ3n) is 4.89. The maximum atomic E-state index is 12.4. The zero-order valence-corrected chi connectivity index (χ0v) is 16.9. The molecule has 1 atom stereocenters. The molecule has 3 rings (SSSR count). The van der Waals surface area contributed by atoms with Crippen LogP contribution in [0.15, 0.2) is 53.4 Å². The number of rotatable bonds is 6. The molecule has 7 nitrogen and oxygen atoms in total. The minimum absolute atomic E-state index is 0.0632. The second kappa shape index (κ2) is 8.72. The van der Waals surface area contributed by atoms with E-state index in [1.807, 2.05) is 25.1 Å². The second-order valence-electron chi connectivity index (χ2n) is 6.99. The standard InChI is InChI=1S/C20H26N4O3S/c1-15-8-9-18(28(26,27)21-2)12-19(15)23-20(25)22-17-10-11-24(14-17)13-16-6-4-3-5-7-16/h3-9,12,17,21H,10-11,13-14H2,1-2H3,(H2,22,23,25). The van der Waals surface area contributed by atoms with E-state index in [1.165, 1.54) is 24.7 Å². The van der Waals surface area contributed by atoms with E-state index in [4.69, 9.17) is 0 Å². The number of sulfonamides is 1. The quantitative estimate of drug-likeness (QED) is 0.692. The first-order valence-corrected chi connectivity index (χ1v) is 10.7. The van der Waals surface area contributed by atoms with Gasteiger partial charge in [-0.15, -0.1) is 0 Å². The Kier molecular flexibility index (Phi) is 6.33. The molecule has 0 radical (unpaired) electrons. The van der Waals surface area contributed by atoms with Crippen molar-refractivity contribution in [3.63, 3.8) is 0 Å². The van der Waals surface area contributed by atoms with Crippen LogP contribution in [0.25, 0.3) is 0 Å². The van der Waals surface area contributed by atoms with Crippen LogP contribution in [0.4, 0.5) is 10.5 Å². The van der Waals surface area contributed by atoms with E-state index < -0.39 is 10.0 Å². The minimum atomic E-state index is -3.56. The Labute approximate surface area is 166 Å². The lowest BCUT2D eigenvalue weighted by Gasteiger charge is -2.17. The van der Waals surface area contributed by atoms with Crippen molar-refractivity contribution in [2.75, 3.05) is 25.5 Å². The van der Waals surface area contributed by atoms with Crippen molar-refractivity contribution in [2.24, 2.45) is 0 Å². The van der Waals surface area contributed by atoms with E-state index in [0.29, 0.717) is 5.69 Å². The Bertz CT molecular complexity index is 932. The van der Waals surface area contributed by atoms with Gasteiger partial charge in [-0.05, 0) is 43.7 Å². The summed E-state index contributed by atoms with van der Waals surface area (Å²) in [7, 11) is -2.20. The number of hydrogen-bond donors (Lipinski definition) is 3. The maximum absolute atomic E-state index is 12.4. The summed E-state index contributed by atoms with van der Waals surface area (Å²) in [5.41, 5.74) is 2.53. The molecule has 1 heterocycles. The number of carbonyl (C=O) groups is 1. The molecule has 0 aliphatic carbocycles. The van der Waals surface area contributed by atoms with Crippen LogP contribution < -0.4 is 15.4 Å². The number of nitrogens with one attached hydrogen (secondary N) is 3. The zero-order chi connectivity index (χ0) is 20.1. The fourth-order valence-corrected chi connectivity index (χ4v) is 4.06. The van der Waals surface area contributed by atoms with Crippen LogP contribution in [0.2, 0.25) is 0 Å². The molecule has 8 heteroatoms. The number of hydrogen-bond acceptors (Lipinski definition) is 4. The Morgan fingerprint density at radius 1 is 1.18 bits per heavy atom. The van der Waals surface area contributed by atoms with Crippen LogP contribution >= 0.6 is 0 Å².